The van der Waals surface area contributed by atoms with Crippen LogP contribution in [0, 0.1) is 6.92 Å². The maximum Gasteiger partial charge on any atom is 0.471 e. The largest absolute Gasteiger partial charge is 0.476 e. The van der Waals surface area contributed by atoms with Gasteiger partial charge in [0.2, 0.25) is 5.82 Å². The third-order valence-corrected chi connectivity index (χ3v) is 4.67. The minimum atomic E-state index is -4.74. The Labute approximate surface area is 191 Å². The van der Waals surface area contributed by atoms with Crippen LogP contribution in [0.1, 0.15) is 35.1 Å². The molecule has 1 heterocycles. The van der Waals surface area contributed by atoms with Crippen molar-refractivity contribution in [3.63, 3.8) is 0 Å². The third kappa shape index (κ3) is 5.57. The van der Waals surface area contributed by atoms with Crippen molar-refractivity contribution in [2.45, 2.75) is 26.6 Å². The van der Waals surface area contributed by atoms with Crippen LogP contribution < -0.4 is 0 Å². The fraction of sp³-hybridized carbons (Fsp3) is 0.227. The van der Waals surface area contributed by atoms with Gasteiger partial charge in [-0.2, -0.15) is 18.2 Å². The number of hydrogen-bond donors (Lipinski definition) is 1. The number of aromatic nitrogens is 2. The van der Waals surface area contributed by atoms with Crippen LogP contribution in [0.3, 0.4) is 0 Å². The van der Waals surface area contributed by atoms with Crippen molar-refractivity contribution in [3.8, 4) is 11.4 Å². The second-order valence-electron chi connectivity index (χ2n) is 6.98. The van der Waals surface area contributed by atoms with Crippen molar-refractivity contribution in [2.75, 3.05) is 7.11 Å². The zero-order chi connectivity index (χ0) is 24.9. The molecule has 0 atom stereocenters. The zero-order valence-electron chi connectivity index (χ0n) is 18.3. The van der Waals surface area contributed by atoms with Gasteiger partial charge in [-0.15, -0.1) is 0 Å². The van der Waals surface area contributed by atoms with Crippen LogP contribution in [0.15, 0.2) is 57.3 Å². The standard InChI is InChI=1S/C22H19F3N4O5/c1-12-6-4-9-16(18(20(30)31)28-32-3)17(12)11-33-27-13(2)14-7-5-8-15(10-14)19-26-21(34-29-19)22(23,24)25/h4-10H,11H2,1-3H3,(H,30,31)/b27-13+,28-18+. The summed E-state index contributed by atoms with van der Waals surface area (Å²) in [4.78, 5) is 25.0. The Hall–Kier alpha value is -4.22. The number of nitrogens with zero attached hydrogens (tertiary/aromatic N) is 4. The second-order valence-corrected chi connectivity index (χ2v) is 6.98. The molecule has 34 heavy (non-hydrogen) atoms. The summed E-state index contributed by atoms with van der Waals surface area (Å²) in [5.74, 6) is -2.92. The molecule has 12 heteroatoms. The molecule has 0 saturated heterocycles. The Morgan fingerprint density at radius 3 is 2.56 bits per heavy atom. The van der Waals surface area contributed by atoms with E-state index in [2.05, 4.69) is 29.8 Å². The van der Waals surface area contributed by atoms with E-state index >= 15 is 0 Å². The molecular weight excluding hydrogens is 457 g/mol. The molecule has 2 aromatic carbocycles. The van der Waals surface area contributed by atoms with Crippen molar-refractivity contribution in [3.05, 3.63) is 70.6 Å². The van der Waals surface area contributed by atoms with Crippen molar-refractivity contribution >= 4 is 17.4 Å². The van der Waals surface area contributed by atoms with Gasteiger partial charge in [0, 0.05) is 16.7 Å². The van der Waals surface area contributed by atoms with E-state index in [9.17, 15) is 23.1 Å². The van der Waals surface area contributed by atoms with Crippen molar-refractivity contribution in [1.82, 2.24) is 10.1 Å². The van der Waals surface area contributed by atoms with Gasteiger partial charge in [0.25, 0.3) is 0 Å². The van der Waals surface area contributed by atoms with Crippen molar-refractivity contribution in [2.24, 2.45) is 10.3 Å². The van der Waals surface area contributed by atoms with Crippen LogP contribution >= 0.6 is 0 Å². The summed E-state index contributed by atoms with van der Waals surface area (Å²) >= 11 is 0. The molecule has 3 aromatic rings. The first-order valence-electron chi connectivity index (χ1n) is 9.73. The first kappa shape index (κ1) is 24.4. The molecule has 0 aliphatic rings. The lowest BCUT2D eigenvalue weighted by atomic mass is 9.99. The van der Waals surface area contributed by atoms with E-state index in [0.29, 0.717) is 28.0 Å². The van der Waals surface area contributed by atoms with Gasteiger partial charge in [-0.25, -0.2) is 4.79 Å². The second kappa shape index (κ2) is 10.1. The highest BCUT2D eigenvalue weighted by Gasteiger charge is 2.38. The first-order chi connectivity index (χ1) is 16.1. The van der Waals surface area contributed by atoms with Crippen LogP contribution in [0.4, 0.5) is 13.2 Å². The van der Waals surface area contributed by atoms with Crippen LogP contribution in [0.2, 0.25) is 0 Å². The maximum atomic E-state index is 12.7. The molecule has 0 bridgehead atoms. The number of benzene rings is 2. The molecule has 1 aromatic heterocycles. The Morgan fingerprint density at radius 1 is 1.18 bits per heavy atom. The number of carboxylic acids is 1. The third-order valence-electron chi connectivity index (χ3n) is 4.67. The highest BCUT2D eigenvalue weighted by atomic mass is 19.4. The Kier molecular flexibility index (Phi) is 7.29. The lowest BCUT2D eigenvalue weighted by Gasteiger charge is -2.11. The summed E-state index contributed by atoms with van der Waals surface area (Å²) in [7, 11) is 1.25. The van der Waals surface area contributed by atoms with Crippen LogP contribution in [-0.4, -0.2) is 39.7 Å². The molecule has 0 spiro atoms. The number of oxime groups is 2. The monoisotopic (exact) mass is 476 g/mol. The normalized spacial score (nSPS) is 12.5. The topological polar surface area (TPSA) is 119 Å². The molecule has 9 nitrogen and oxygen atoms in total. The number of aliphatic carboxylic acids is 1. The number of rotatable bonds is 8. The molecular formula is C22H19F3N4O5. The lowest BCUT2D eigenvalue weighted by molar-refractivity contribution is -0.159. The predicted molar refractivity (Wildman–Crippen MR) is 114 cm³/mol. The summed E-state index contributed by atoms with van der Waals surface area (Å²) in [5.41, 5.74) is 2.62. The SMILES string of the molecule is CO/N=C(/C(=O)O)c1cccc(C)c1CO/N=C(\C)c1cccc(-c2noc(C(F)(F)F)n2)c1. The lowest BCUT2D eigenvalue weighted by Crippen LogP contribution is -2.18. The van der Waals surface area contributed by atoms with Crippen LogP contribution in [0.5, 0.6) is 0 Å². The first-order valence-corrected chi connectivity index (χ1v) is 9.73. The number of carbonyl (C=O) groups is 1. The zero-order valence-corrected chi connectivity index (χ0v) is 18.3. The Bertz CT molecular complexity index is 1250. The summed E-state index contributed by atoms with van der Waals surface area (Å²) in [6.07, 6.45) is -4.74. The Morgan fingerprint density at radius 2 is 1.91 bits per heavy atom. The molecule has 0 saturated carbocycles. The van der Waals surface area contributed by atoms with Crippen LogP contribution in [0.25, 0.3) is 11.4 Å². The quantitative estimate of drug-likeness (QED) is 0.377. The molecule has 0 unspecified atom stereocenters. The fourth-order valence-corrected chi connectivity index (χ4v) is 3.00. The number of halogens is 3. The maximum absolute atomic E-state index is 12.7. The van der Waals surface area contributed by atoms with Gasteiger partial charge >= 0.3 is 18.0 Å². The van der Waals surface area contributed by atoms with Crippen molar-refractivity contribution in [1.29, 1.82) is 0 Å². The van der Waals surface area contributed by atoms with E-state index in [0.717, 1.165) is 5.56 Å². The van der Waals surface area contributed by atoms with E-state index in [-0.39, 0.29) is 18.1 Å². The Balaban J connectivity index is 1.81. The molecule has 0 radical (unpaired) electrons. The number of carboxylic acid groups (broad SMARTS) is 1. The molecule has 178 valence electrons. The predicted octanol–water partition coefficient (Wildman–Crippen LogP) is 4.44. The number of hydrogen-bond acceptors (Lipinski definition) is 8. The summed E-state index contributed by atoms with van der Waals surface area (Å²) in [6, 6.07) is 11.4. The highest BCUT2D eigenvalue weighted by molar-refractivity contribution is 6.42. The number of aryl methyl sites for hydroxylation is 1. The average molecular weight is 476 g/mol. The summed E-state index contributed by atoms with van der Waals surface area (Å²) in [5, 5.41) is 20.4. The van der Waals surface area contributed by atoms with E-state index in [1.807, 2.05) is 0 Å². The van der Waals surface area contributed by atoms with E-state index < -0.39 is 18.0 Å². The molecule has 0 aliphatic carbocycles. The van der Waals surface area contributed by atoms with Gasteiger partial charge in [0.1, 0.15) is 13.7 Å². The van der Waals surface area contributed by atoms with Crippen molar-refractivity contribution < 1.29 is 37.3 Å². The summed E-state index contributed by atoms with van der Waals surface area (Å²) in [6.45, 7) is 3.37. The van der Waals surface area contributed by atoms with Gasteiger partial charge in [-0.1, -0.05) is 51.9 Å². The van der Waals surface area contributed by atoms with E-state index in [4.69, 9.17) is 4.84 Å². The number of alkyl halides is 3. The van der Waals surface area contributed by atoms with E-state index in [1.54, 1.807) is 50.2 Å². The molecule has 3 rings (SSSR count). The minimum absolute atomic E-state index is 0.0607. The van der Waals surface area contributed by atoms with E-state index in [1.165, 1.54) is 13.2 Å². The van der Waals surface area contributed by atoms with Gasteiger partial charge in [0.15, 0.2) is 5.71 Å². The molecule has 0 fully saturated rings. The molecule has 0 amide bonds. The highest BCUT2D eigenvalue weighted by Crippen LogP contribution is 2.29. The van der Waals surface area contributed by atoms with Gasteiger partial charge < -0.3 is 19.3 Å². The minimum Gasteiger partial charge on any atom is -0.476 e. The average Bonchev–Trinajstić information content (AvgIpc) is 3.29. The van der Waals surface area contributed by atoms with Crippen LogP contribution in [-0.2, 0) is 27.3 Å². The van der Waals surface area contributed by atoms with Gasteiger partial charge in [0.05, 0.1) is 5.71 Å². The smallest absolute Gasteiger partial charge is 0.471 e. The fourth-order valence-electron chi connectivity index (χ4n) is 3.00. The molecule has 1 N–H and O–H groups in total. The van der Waals surface area contributed by atoms with Gasteiger partial charge in [-0.05, 0) is 31.0 Å². The van der Waals surface area contributed by atoms with Gasteiger partial charge in [-0.3, -0.25) is 0 Å². The molecule has 0 aliphatic heterocycles. The summed E-state index contributed by atoms with van der Waals surface area (Å²) < 4.78 is 42.4.